The van der Waals surface area contributed by atoms with E-state index in [1.165, 1.54) is 0 Å². The summed E-state index contributed by atoms with van der Waals surface area (Å²) in [6, 6.07) is 7.32. The molecule has 0 saturated heterocycles. The van der Waals surface area contributed by atoms with E-state index in [4.69, 9.17) is 23.8 Å². The van der Waals surface area contributed by atoms with Crippen molar-refractivity contribution in [2.75, 3.05) is 5.32 Å². The van der Waals surface area contributed by atoms with E-state index in [9.17, 15) is 0 Å². The van der Waals surface area contributed by atoms with Gasteiger partial charge in [-0.25, -0.2) is 4.98 Å². The molecule has 0 unspecified atom stereocenters. The average Bonchev–Trinajstić information content (AvgIpc) is 2.71. The second kappa shape index (κ2) is 4.42. The third kappa shape index (κ3) is 2.55. The van der Waals surface area contributed by atoms with Crippen molar-refractivity contribution in [1.82, 2.24) is 9.97 Å². The van der Waals surface area contributed by atoms with Crippen LogP contribution in [-0.2, 0) is 0 Å². The van der Waals surface area contributed by atoms with Crippen molar-refractivity contribution in [3.63, 3.8) is 0 Å². The summed E-state index contributed by atoms with van der Waals surface area (Å²) >= 11 is 11.0. The van der Waals surface area contributed by atoms with E-state index < -0.39 is 0 Å². The van der Waals surface area contributed by atoms with Gasteiger partial charge in [0.25, 0.3) is 0 Å². The molecular weight excluding hydrogens is 230 g/mol. The molecule has 2 rings (SSSR count). The van der Waals surface area contributed by atoms with Gasteiger partial charge in [-0.15, -0.1) is 0 Å². The summed E-state index contributed by atoms with van der Waals surface area (Å²) in [5, 5.41) is 3.67. The Balaban J connectivity index is 2.11. The number of imidazole rings is 1. The Bertz CT molecular complexity index is 450. The van der Waals surface area contributed by atoms with Gasteiger partial charge in [-0.1, -0.05) is 36.0 Å². The molecule has 0 fully saturated rings. The van der Waals surface area contributed by atoms with Crippen molar-refractivity contribution in [3.8, 4) is 0 Å². The van der Waals surface area contributed by atoms with E-state index in [0.29, 0.717) is 16.0 Å². The molecule has 1 heterocycles. The second-order valence-electron chi connectivity index (χ2n) is 2.90. The van der Waals surface area contributed by atoms with Gasteiger partial charge in [0, 0.05) is 23.0 Å². The third-order valence-electron chi connectivity index (χ3n) is 1.84. The highest BCUT2D eigenvalue weighted by atomic mass is 35.5. The third-order valence-corrected chi connectivity index (χ3v) is 2.43. The predicted octanol–water partition coefficient (Wildman–Crippen LogP) is 2.85. The summed E-state index contributed by atoms with van der Waals surface area (Å²) in [7, 11) is 0. The molecular formula is C10H8ClN3S. The fraction of sp³-hybridized carbons (Fsp3) is 0. The lowest BCUT2D eigenvalue weighted by atomic mass is 10.2. The zero-order chi connectivity index (χ0) is 10.7. The van der Waals surface area contributed by atoms with Gasteiger partial charge in [-0.05, 0) is 12.1 Å². The van der Waals surface area contributed by atoms with Gasteiger partial charge in [0.15, 0.2) is 0 Å². The zero-order valence-corrected chi connectivity index (χ0v) is 9.27. The fourth-order valence-corrected chi connectivity index (χ4v) is 1.47. The quantitative estimate of drug-likeness (QED) is 0.790. The zero-order valence-electron chi connectivity index (χ0n) is 7.70. The molecule has 0 amide bonds. The highest BCUT2D eigenvalue weighted by molar-refractivity contribution is 7.81. The lowest BCUT2D eigenvalue weighted by Crippen LogP contribution is -2.11. The van der Waals surface area contributed by atoms with E-state index in [0.717, 1.165) is 5.56 Å². The Morgan fingerprint density at radius 1 is 1.33 bits per heavy atom. The number of aromatic nitrogens is 2. The Hall–Kier alpha value is -1.39. The number of rotatable bonds is 2. The molecule has 1 aromatic carbocycles. The minimum Gasteiger partial charge on any atom is -0.331 e. The number of anilines is 1. The summed E-state index contributed by atoms with van der Waals surface area (Å²) in [4.78, 5) is 7.55. The minimum atomic E-state index is 0.613. The van der Waals surface area contributed by atoms with Crippen molar-refractivity contribution >= 4 is 34.8 Å². The molecule has 1 aromatic heterocycles. The Labute approximate surface area is 97.5 Å². The number of nitrogens with one attached hydrogen (secondary N) is 2. The molecule has 76 valence electrons. The van der Waals surface area contributed by atoms with Crippen LogP contribution in [0.2, 0.25) is 5.02 Å². The molecule has 15 heavy (non-hydrogen) atoms. The molecule has 0 aliphatic carbocycles. The van der Waals surface area contributed by atoms with Crippen molar-refractivity contribution in [2.45, 2.75) is 0 Å². The number of hydrogen-bond acceptors (Lipinski definition) is 2. The summed E-state index contributed by atoms with van der Waals surface area (Å²) < 4.78 is 0. The molecule has 3 nitrogen and oxygen atoms in total. The van der Waals surface area contributed by atoms with Gasteiger partial charge in [0.05, 0.1) is 0 Å². The molecule has 0 saturated carbocycles. The van der Waals surface area contributed by atoms with Crippen molar-refractivity contribution < 1.29 is 0 Å². The van der Waals surface area contributed by atoms with Gasteiger partial charge in [-0.2, -0.15) is 0 Å². The normalized spacial score (nSPS) is 9.93. The molecule has 0 radical (unpaired) electrons. The highest BCUT2D eigenvalue weighted by Gasteiger charge is 2.02. The van der Waals surface area contributed by atoms with Gasteiger partial charge in [0.2, 0.25) is 5.95 Å². The average molecular weight is 238 g/mol. The largest absolute Gasteiger partial charge is 0.331 e. The maximum absolute atomic E-state index is 5.78. The Morgan fingerprint density at radius 3 is 2.67 bits per heavy atom. The van der Waals surface area contributed by atoms with E-state index in [1.54, 1.807) is 24.5 Å². The van der Waals surface area contributed by atoms with Gasteiger partial charge in [0.1, 0.15) is 4.99 Å². The molecule has 2 aromatic rings. The monoisotopic (exact) mass is 237 g/mol. The Morgan fingerprint density at radius 2 is 2.07 bits per heavy atom. The van der Waals surface area contributed by atoms with Crippen molar-refractivity contribution in [3.05, 3.63) is 47.2 Å². The van der Waals surface area contributed by atoms with Crippen LogP contribution < -0.4 is 5.32 Å². The maximum atomic E-state index is 5.78. The van der Waals surface area contributed by atoms with Crippen LogP contribution in [0.4, 0.5) is 5.95 Å². The number of thiocarbonyl (C=S) groups is 1. The minimum absolute atomic E-state index is 0.613. The fourth-order valence-electron chi connectivity index (χ4n) is 1.11. The van der Waals surface area contributed by atoms with E-state index in [1.807, 2.05) is 12.1 Å². The molecule has 0 spiro atoms. The first kappa shape index (κ1) is 10.1. The standard InChI is InChI=1S/C10H8ClN3S/c11-8-3-1-7(2-4-8)9(15)14-10-12-5-6-13-10/h1-6H,(H2,12,13,14,15). The van der Waals surface area contributed by atoms with Gasteiger partial charge in [-0.3, -0.25) is 0 Å². The van der Waals surface area contributed by atoms with E-state index in [2.05, 4.69) is 15.3 Å². The molecule has 0 aliphatic rings. The summed E-state index contributed by atoms with van der Waals surface area (Å²) in [6.45, 7) is 0. The van der Waals surface area contributed by atoms with E-state index >= 15 is 0 Å². The van der Waals surface area contributed by atoms with Crippen LogP contribution in [0.25, 0.3) is 0 Å². The number of hydrogen-bond donors (Lipinski definition) is 2. The molecule has 0 bridgehead atoms. The van der Waals surface area contributed by atoms with Crippen LogP contribution in [0.1, 0.15) is 5.56 Å². The number of aromatic amines is 1. The van der Waals surface area contributed by atoms with Crippen LogP contribution in [0, 0.1) is 0 Å². The van der Waals surface area contributed by atoms with Gasteiger partial charge < -0.3 is 10.3 Å². The van der Waals surface area contributed by atoms with Crippen LogP contribution >= 0.6 is 23.8 Å². The Kier molecular flexibility index (Phi) is 2.99. The molecule has 0 aliphatic heterocycles. The maximum Gasteiger partial charge on any atom is 0.205 e. The molecule has 0 atom stereocenters. The smallest absolute Gasteiger partial charge is 0.205 e. The topological polar surface area (TPSA) is 40.7 Å². The molecule has 5 heteroatoms. The van der Waals surface area contributed by atoms with Crippen LogP contribution in [0.3, 0.4) is 0 Å². The number of benzene rings is 1. The lowest BCUT2D eigenvalue weighted by Gasteiger charge is -2.04. The SMILES string of the molecule is S=C(Nc1ncc[nH]1)c1ccc(Cl)cc1. The highest BCUT2D eigenvalue weighted by Crippen LogP contribution is 2.11. The first-order valence-electron chi connectivity index (χ1n) is 4.32. The van der Waals surface area contributed by atoms with Gasteiger partial charge >= 0.3 is 0 Å². The predicted molar refractivity (Wildman–Crippen MR) is 65.4 cm³/mol. The summed E-state index contributed by atoms with van der Waals surface area (Å²) in [5.74, 6) is 0.634. The number of H-pyrrole nitrogens is 1. The van der Waals surface area contributed by atoms with Crippen LogP contribution in [0.5, 0.6) is 0 Å². The van der Waals surface area contributed by atoms with Crippen molar-refractivity contribution in [1.29, 1.82) is 0 Å². The lowest BCUT2D eigenvalue weighted by molar-refractivity contribution is 1.31. The molecule has 2 N–H and O–H groups in total. The van der Waals surface area contributed by atoms with E-state index in [-0.39, 0.29) is 0 Å². The number of nitrogens with zero attached hydrogens (tertiary/aromatic N) is 1. The van der Waals surface area contributed by atoms with Crippen LogP contribution in [0.15, 0.2) is 36.7 Å². The number of halogens is 1. The second-order valence-corrected chi connectivity index (χ2v) is 3.74. The van der Waals surface area contributed by atoms with Crippen LogP contribution in [-0.4, -0.2) is 15.0 Å². The summed E-state index contributed by atoms with van der Waals surface area (Å²) in [6.07, 6.45) is 3.39. The van der Waals surface area contributed by atoms with Crippen molar-refractivity contribution in [2.24, 2.45) is 0 Å². The first-order chi connectivity index (χ1) is 7.25. The first-order valence-corrected chi connectivity index (χ1v) is 5.10. The summed E-state index contributed by atoms with van der Waals surface area (Å²) in [5.41, 5.74) is 0.908.